The molecule has 2 aliphatic heterocycles. The molecule has 2 heterocycles. The maximum atomic E-state index is 6.67. The Bertz CT molecular complexity index is 350. The Kier molecular flexibility index (Phi) is 2.69. The van der Waals surface area contributed by atoms with E-state index in [9.17, 15) is 0 Å². The van der Waals surface area contributed by atoms with E-state index in [1.807, 2.05) is 0 Å². The van der Waals surface area contributed by atoms with Crippen LogP contribution in [0.4, 0.5) is 0 Å². The molecule has 3 nitrogen and oxygen atoms in total. The van der Waals surface area contributed by atoms with Crippen LogP contribution in [0.5, 0.6) is 0 Å². The van der Waals surface area contributed by atoms with Crippen molar-refractivity contribution in [3.63, 3.8) is 0 Å². The predicted octanol–water partition coefficient (Wildman–Crippen LogP) is 1.18. The second-order valence-corrected chi connectivity index (χ2v) is 7.26. The lowest BCUT2D eigenvalue weighted by Gasteiger charge is -2.65. The van der Waals surface area contributed by atoms with Gasteiger partial charge < -0.3 is 10.5 Å². The summed E-state index contributed by atoms with van der Waals surface area (Å²) in [6.07, 6.45) is 3.39. The van der Waals surface area contributed by atoms with Gasteiger partial charge >= 0.3 is 0 Å². The van der Waals surface area contributed by atoms with Crippen molar-refractivity contribution in [2.24, 2.45) is 17.6 Å². The van der Waals surface area contributed by atoms with Gasteiger partial charge in [-0.05, 0) is 45.2 Å². The van der Waals surface area contributed by atoms with Crippen LogP contribution in [0.3, 0.4) is 0 Å². The molecule has 0 aromatic carbocycles. The molecule has 2 radical (unpaired) electrons. The Balaban J connectivity index is 1.94. The third-order valence-electron chi connectivity index (χ3n) is 6.39. The number of nitrogens with zero attached hydrogens (tertiary/aromatic N) is 1. The summed E-state index contributed by atoms with van der Waals surface area (Å²) in [6, 6.07) is 0. The van der Waals surface area contributed by atoms with Gasteiger partial charge in [-0.2, -0.15) is 0 Å². The fourth-order valence-electron chi connectivity index (χ4n) is 4.50. The maximum Gasteiger partial charge on any atom is 0.0767 e. The van der Waals surface area contributed by atoms with Gasteiger partial charge in [-0.15, -0.1) is 0 Å². The molecule has 0 aromatic rings. The molecule has 1 spiro atoms. The summed E-state index contributed by atoms with van der Waals surface area (Å²) < 4.78 is 5.54. The fourth-order valence-corrected chi connectivity index (χ4v) is 4.50. The molecular formula is C14H25BN2O. The van der Waals surface area contributed by atoms with Crippen molar-refractivity contribution in [1.82, 2.24) is 4.90 Å². The van der Waals surface area contributed by atoms with E-state index in [0.29, 0.717) is 11.8 Å². The molecule has 18 heavy (non-hydrogen) atoms. The molecule has 0 amide bonds. The summed E-state index contributed by atoms with van der Waals surface area (Å²) in [5, 5.41) is -0.240. The SMILES string of the molecule is [B]C1(C)CCC2C(CCN(C)C23COC3)C1(C)N. The van der Waals surface area contributed by atoms with Gasteiger partial charge in [0.1, 0.15) is 0 Å². The van der Waals surface area contributed by atoms with E-state index < -0.39 is 0 Å². The number of likely N-dealkylation sites (N-methyl/N-ethyl adjacent to an activating group) is 1. The molecule has 1 aliphatic carbocycles. The quantitative estimate of drug-likeness (QED) is 0.654. The molecule has 2 saturated heterocycles. The molecule has 3 aliphatic rings. The summed E-state index contributed by atoms with van der Waals surface area (Å²) >= 11 is 0. The highest BCUT2D eigenvalue weighted by molar-refractivity contribution is 6.16. The van der Waals surface area contributed by atoms with Crippen LogP contribution in [0.1, 0.15) is 33.1 Å². The van der Waals surface area contributed by atoms with Gasteiger partial charge in [0, 0.05) is 5.54 Å². The van der Waals surface area contributed by atoms with Crippen molar-refractivity contribution in [1.29, 1.82) is 0 Å². The maximum absolute atomic E-state index is 6.67. The van der Waals surface area contributed by atoms with Crippen LogP contribution in [0, 0.1) is 11.8 Å². The number of ether oxygens (including phenoxy) is 1. The zero-order chi connectivity index (χ0) is 13.2. The second kappa shape index (κ2) is 3.74. The predicted molar refractivity (Wildman–Crippen MR) is 73.7 cm³/mol. The second-order valence-electron chi connectivity index (χ2n) is 7.26. The molecule has 4 heteroatoms. The Morgan fingerprint density at radius 3 is 2.44 bits per heavy atom. The average Bonchev–Trinajstić information content (AvgIpc) is 2.21. The summed E-state index contributed by atoms with van der Waals surface area (Å²) in [4.78, 5) is 2.51. The summed E-state index contributed by atoms with van der Waals surface area (Å²) in [7, 11) is 8.71. The highest BCUT2D eigenvalue weighted by Crippen LogP contribution is 2.58. The van der Waals surface area contributed by atoms with E-state index in [2.05, 4.69) is 25.8 Å². The number of nitrogens with two attached hydrogens (primary N) is 1. The molecule has 3 fully saturated rings. The first-order valence-electron chi connectivity index (χ1n) is 7.18. The first kappa shape index (κ1) is 13.0. The normalized spacial score (nSPS) is 51.8. The molecule has 4 atom stereocenters. The van der Waals surface area contributed by atoms with Crippen molar-refractivity contribution in [3.8, 4) is 0 Å². The van der Waals surface area contributed by atoms with Crippen LogP contribution in [-0.4, -0.2) is 50.6 Å². The van der Waals surface area contributed by atoms with Gasteiger partial charge in [-0.25, -0.2) is 0 Å². The molecule has 1 saturated carbocycles. The van der Waals surface area contributed by atoms with E-state index in [1.54, 1.807) is 0 Å². The number of hydrogen-bond acceptors (Lipinski definition) is 3. The van der Waals surface area contributed by atoms with Crippen molar-refractivity contribution >= 4 is 7.85 Å². The first-order chi connectivity index (χ1) is 8.31. The minimum atomic E-state index is -0.264. The van der Waals surface area contributed by atoms with E-state index in [1.165, 1.54) is 12.8 Å². The number of likely N-dealkylation sites (tertiary alicyclic amines) is 1. The van der Waals surface area contributed by atoms with Crippen molar-refractivity contribution in [3.05, 3.63) is 0 Å². The number of rotatable bonds is 0. The molecule has 4 unspecified atom stereocenters. The molecular weight excluding hydrogens is 223 g/mol. The van der Waals surface area contributed by atoms with Gasteiger partial charge in [-0.3, -0.25) is 4.90 Å². The van der Waals surface area contributed by atoms with Crippen molar-refractivity contribution in [2.75, 3.05) is 26.8 Å². The average molecular weight is 248 g/mol. The molecule has 3 rings (SSSR count). The van der Waals surface area contributed by atoms with E-state index >= 15 is 0 Å². The Labute approximate surface area is 112 Å². The minimum absolute atomic E-state index is 0.240. The lowest BCUT2D eigenvalue weighted by atomic mass is 9.44. The van der Waals surface area contributed by atoms with Crippen LogP contribution in [0.2, 0.25) is 5.31 Å². The monoisotopic (exact) mass is 248 g/mol. The Hall–Kier alpha value is -0.0551. The summed E-state index contributed by atoms with van der Waals surface area (Å²) in [5.74, 6) is 1.18. The third-order valence-corrected chi connectivity index (χ3v) is 6.39. The van der Waals surface area contributed by atoms with Crippen LogP contribution in [-0.2, 0) is 4.74 Å². The van der Waals surface area contributed by atoms with Gasteiger partial charge in [0.2, 0.25) is 0 Å². The molecule has 0 bridgehead atoms. The number of piperidine rings is 1. The summed E-state index contributed by atoms with van der Waals surface area (Å²) in [5.41, 5.74) is 6.66. The van der Waals surface area contributed by atoms with Crippen molar-refractivity contribution < 1.29 is 4.74 Å². The Morgan fingerprint density at radius 1 is 1.22 bits per heavy atom. The van der Waals surface area contributed by atoms with Crippen LogP contribution in [0.15, 0.2) is 0 Å². The third kappa shape index (κ3) is 1.43. The van der Waals surface area contributed by atoms with E-state index in [0.717, 1.165) is 26.2 Å². The largest absolute Gasteiger partial charge is 0.377 e. The van der Waals surface area contributed by atoms with Crippen LogP contribution < -0.4 is 5.73 Å². The lowest BCUT2D eigenvalue weighted by molar-refractivity contribution is -0.206. The van der Waals surface area contributed by atoms with Gasteiger partial charge in [-0.1, -0.05) is 18.7 Å². The topological polar surface area (TPSA) is 38.5 Å². The molecule has 0 aromatic heterocycles. The highest BCUT2D eigenvalue weighted by Gasteiger charge is 2.61. The smallest absolute Gasteiger partial charge is 0.0767 e. The molecule has 100 valence electrons. The van der Waals surface area contributed by atoms with Crippen LogP contribution in [0.25, 0.3) is 0 Å². The van der Waals surface area contributed by atoms with Gasteiger partial charge in [0.25, 0.3) is 0 Å². The zero-order valence-corrected chi connectivity index (χ0v) is 11.9. The van der Waals surface area contributed by atoms with Crippen molar-refractivity contribution in [2.45, 2.75) is 49.5 Å². The van der Waals surface area contributed by atoms with Gasteiger partial charge in [0.05, 0.1) is 26.6 Å². The standard InChI is InChI=1S/C14H25BN2O/c1-12(15)6-4-11-10(13(12,2)16)5-7-17(3)14(11)8-18-9-14/h10-11H,4-9,16H2,1-3H3. The minimum Gasteiger partial charge on any atom is -0.377 e. The Morgan fingerprint density at radius 2 is 1.89 bits per heavy atom. The van der Waals surface area contributed by atoms with Crippen LogP contribution >= 0.6 is 0 Å². The highest BCUT2D eigenvalue weighted by atomic mass is 16.5. The summed E-state index contributed by atoms with van der Waals surface area (Å²) in [6.45, 7) is 7.17. The van der Waals surface area contributed by atoms with E-state index in [-0.39, 0.29) is 16.4 Å². The number of fused-ring (bicyclic) bond motifs is 2. The lowest BCUT2D eigenvalue weighted by Crippen LogP contribution is -2.74. The zero-order valence-electron chi connectivity index (χ0n) is 11.9. The fraction of sp³-hybridized carbons (Fsp3) is 1.00. The first-order valence-corrected chi connectivity index (χ1v) is 7.18. The molecule has 2 N–H and O–H groups in total. The van der Waals surface area contributed by atoms with Gasteiger partial charge in [0.15, 0.2) is 0 Å². The van der Waals surface area contributed by atoms with E-state index in [4.69, 9.17) is 18.3 Å². The number of hydrogen-bond donors (Lipinski definition) is 1.